The van der Waals surface area contributed by atoms with Crippen molar-refractivity contribution in [2.75, 3.05) is 27.7 Å². The predicted octanol–water partition coefficient (Wildman–Crippen LogP) is 4.25. The van der Waals surface area contributed by atoms with E-state index >= 15 is 0 Å². The van der Waals surface area contributed by atoms with Gasteiger partial charge >= 0.3 is 0 Å². The molecule has 2 nitrogen and oxygen atoms in total. The summed E-state index contributed by atoms with van der Waals surface area (Å²) in [4.78, 5) is 5.26. The smallest absolute Gasteiger partial charge is 0.0149 e. The molecule has 0 bridgehead atoms. The number of fused-ring (bicyclic) bond motifs is 5. The predicted molar refractivity (Wildman–Crippen MR) is 97.5 cm³/mol. The summed E-state index contributed by atoms with van der Waals surface area (Å²) < 4.78 is 0. The lowest BCUT2D eigenvalue weighted by atomic mass is 9.47. The Morgan fingerprint density at radius 1 is 0.870 bits per heavy atom. The zero-order valence-corrected chi connectivity index (χ0v) is 16.1. The van der Waals surface area contributed by atoms with Crippen LogP contribution in [0.3, 0.4) is 0 Å². The SMILES string of the molecule is CN(C)C1CCC2C3CCC4N(C)CCCC4(C)C3CCC21C. The lowest BCUT2D eigenvalue weighted by Gasteiger charge is -2.62. The second kappa shape index (κ2) is 5.46. The summed E-state index contributed by atoms with van der Waals surface area (Å²) in [5, 5.41) is 0. The molecule has 1 heterocycles. The fourth-order valence-electron chi connectivity index (χ4n) is 8.20. The molecule has 3 saturated carbocycles. The molecule has 4 aliphatic rings. The van der Waals surface area contributed by atoms with Crippen LogP contribution in [0.5, 0.6) is 0 Å². The van der Waals surface area contributed by atoms with Gasteiger partial charge in [0.05, 0.1) is 0 Å². The summed E-state index contributed by atoms with van der Waals surface area (Å²) in [6.45, 7) is 6.65. The van der Waals surface area contributed by atoms with Crippen LogP contribution in [-0.2, 0) is 0 Å². The first-order valence-electron chi connectivity index (χ1n) is 10.2. The lowest BCUT2D eigenvalue weighted by Crippen LogP contribution is -2.60. The largest absolute Gasteiger partial charge is 0.306 e. The minimum atomic E-state index is 0.592. The second-order valence-electron chi connectivity index (χ2n) is 10.2. The molecule has 1 aliphatic heterocycles. The highest BCUT2D eigenvalue weighted by atomic mass is 15.2. The Morgan fingerprint density at radius 2 is 1.61 bits per heavy atom. The van der Waals surface area contributed by atoms with Gasteiger partial charge in [-0.2, -0.15) is 0 Å². The third-order valence-corrected chi connectivity index (χ3v) is 9.15. The van der Waals surface area contributed by atoms with Crippen molar-refractivity contribution in [3.63, 3.8) is 0 Å². The zero-order chi connectivity index (χ0) is 16.4. The normalized spacial score (nSPS) is 53.7. The summed E-state index contributed by atoms with van der Waals surface area (Å²) in [6.07, 6.45) is 11.8. The van der Waals surface area contributed by atoms with E-state index in [0.717, 1.165) is 29.8 Å². The number of nitrogens with zero attached hydrogens (tertiary/aromatic N) is 2. The van der Waals surface area contributed by atoms with Gasteiger partial charge in [0.2, 0.25) is 0 Å². The van der Waals surface area contributed by atoms with Gasteiger partial charge in [-0.3, -0.25) is 0 Å². The fourth-order valence-corrected chi connectivity index (χ4v) is 8.20. The van der Waals surface area contributed by atoms with E-state index in [1.807, 2.05) is 0 Å². The van der Waals surface area contributed by atoms with Gasteiger partial charge < -0.3 is 9.80 Å². The molecule has 132 valence electrons. The molecule has 0 aromatic carbocycles. The highest BCUT2D eigenvalue weighted by molar-refractivity contribution is 5.11. The van der Waals surface area contributed by atoms with Gasteiger partial charge in [-0.1, -0.05) is 13.8 Å². The Morgan fingerprint density at radius 3 is 2.35 bits per heavy atom. The van der Waals surface area contributed by atoms with Gasteiger partial charge in [0.25, 0.3) is 0 Å². The molecule has 0 aromatic heterocycles. The van der Waals surface area contributed by atoms with Crippen molar-refractivity contribution in [2.24, 2.45) is 28.6 Å². The van der Waals surface area contributed by atoms with E-state index in [-0.39, 0.29) is 0 Å². The highest BCUT2D eigenvalue weighted by Crippen LogP contribution is 2.65. The maximum Gasteiger partial charge on any atom is 0.0149 e. The number of likely N-dealkylation sites (tertiary alicyclic amines) is 1. The number of hydrogen-bond acceptors (Lipinski definition) is 2. The van der Waals surface area contributed by atoms with Crippen LogP contribution in [0.2, 0.25) is 0 Å². The third-order valence-electron chi connectivity index (χ3n) is 9.15. The maximum atomic E-state index is 2.71. The van der Waals surface area contributed by atoms with Crippen LogP contribution < -0.4 is 0 Å². The highest BCUT2D eigenvalue weighted by Gasteiger charge is 2.60. The molecule has 0 radical (unpaired) electrons. The molecule has 7 unspecified atom stereocenters. The minimum absolute atomic E-state index is 0.592. The van der Waals surface area contributed by atoms with E-state index in [0.29, 0.717) is 10.8 Å². The quantitative estimate of drug-likeness (QED) is 0.713. The number of rotatable bonds is 1. The van der Waals surface area contributed by atoms with Crippen molar-refractivity contribution in [1.82, 2.24) is 9.80 Å². The molecule has 4 fully saturated rings. The van der Waals surface area contributed by atoms with Crippen LogP contribution >= 0.6 is 0 Å². The maximum absolute atomic E-state index is 2.71. The first-order chi connectivity index (χ1) is 10.9. The zero-order valence-electron chi connectivity index (χ0n) is 16.1. The molecule has 0 N–H and O–H groups in total. The Bertz CT molecular complexity index is 461. The molecule has 1 saturated heterocycles. The molecule has 3 aliphatic carbocycles. The first kappa shape index (κ1) is 16.4. The topological polar surface area (TPSA) is 6.48 Å². The van der Waals surface area contributed by atoms with Crippen molar-refractivity contribution in [1.29, 1.82) is 0 Å². The minimum Gasteiger partial charge on any atom is -0.306 e. The Hall–Kier alpha value is -0.0800. The average Bonchev–Trinajstić information content (AvgIpc) is 2.84. The molecule has 0 spiro atoms. The molecule has 4 rings (SSSR count). The van der Waals surface area contributed by atoms with Crippen LogP contribution in [0, 0.1) is 28.6 Å². The first-order valence-corrected chi connectivity index (χ1v) is 10.2. The van der Waals surface area contributed by atoms with E-state index in [4.69, 9.17) is 0 Å². The number of hydrogen-bond donors (Lipinski definition) is 0. The lowest BCUT2D eigenvalue weighted by molar-refractivity contribution is -0.123. The summed E-state index contributed by atoms with van der Waals surface area (Å²) in [5.41, 5.74) is 1.20. The van der Waals surface area contributed by atoms with Gasteiger partial charge in [0.15, 0.2) is 0 Å². The standard InChI is InChI=1S/C21H38N2/c1-20-12-6-14-23(5)19(20)9-7-15-16-8-10-18(22(3)4)21(16,2)13-11-17(15)20/h15-19H,6-14H2,1-5H3. The summed E-state index contributed by atoms with van der Waals surface area (Å²) >= 11 is 0. The van der Waals surface area contributed by atoms with E-state index in [9.17, 15) is 0 Å². The molecular weight excluding hydrogens is 280 g/mol. The average molecular weight is 319 g/mol. The molecular formula is C21H38N2. The Balaban J connectivity index is 1.63. The van der Waals surface area contributed by atoms with Crippen molar-refractivity contribution >= 4 is 0 Å². The van der Waals surface area contributed by atoms with E-state index in [2.05, 4.69) is 44.8 Å². The fraction of sp³-hybridized carbons (Fsp3) is 1.00. The van der Waals surface area contributed by atoms with E-state index in [1.165, 1.54) is 57.9 Å². The van der Waals surface area contributed by atoms with Gasteiger partial charge in [-0.25, -0.2) is 0 Å². The monoisotopic (exact) mass is 318 g/mol. The van der Waals surface area contributed by atoms with Crippen LogP contribution in [0.4, 0.5) is 0 Å². The van der Waals surface area contributed by atoms with Crippen molar-refractivity contribution < 1.29 is 0 Å². The van der Waals surface area contributed by atoms with Crippen LogP contribution in [0.25, 0.3) is 0 Å². The van der Waals surface area contributed by atoms with Crippen LogP contribution in [0.15, 0.2) is 0 Å². The van der Waals surface area contributed by atoms with Crippen molar-refractivity contribution in [3.05, 3.63) is 0 Å². The molecule has 7 atom stereocenters. The Labute approximate surface area is 144 Å². The molecule has 0 amide bonds. The van der Waals surface area contributed by atoms with Gasteiger partial charge in [-0.05, 0) is 108 Å². The molecule has 0 aromatic rings. The van der Waals surface area contributed by atoms with E-state index < -0.39 is 0 Å². The molecule has 23 heavy (non-hydrogen) atoms. The molecule has 2 heteroatoms. The second-order valence-corrected chi connectivity index (χ2v) is 10.2. The van der Waals surface area contributed by atoms with E-state index in [1.54, 1.807) is 0 Å². The number of piperidine rings is 1. The summed E-state index contributed by atoms with van der Waals surface area (Å²) in [6, 6.07) is 1.70. The third kappa shape index (κ3) is 2.20. The van der Waals surface area contributed by atoms with Gasteiger partial charge in [0, 0.05) is 12.1 Å². The summed E-state index contributed by atoms with van der Waals surface area (Å²) in [7, 11) is 7.03. The van der Waals surface area contributed by atoms with Crippen molar-refractivity contribution in [3.8, 4) is 0 Å². The van der Waals surface area contributed by atoms with Gasteiger partial charge in [0.1, 0.15) is 0 Å². The summed E-state index contributed by atoms with van der Waals surface area (Å²) in [5.74, 6) is 3.02. The van der Waals surface area contributed by atoms with Crippen LogP contribution in [-0.4, -0.2) is 49.6 Å². The van der Waals surface area contributed by atoms with Gasteiger partial charge in [-0.15, -0.1) is 0 Å². The van der Waals surface area contributed by atoms with Crippen LogP contribution in [0.1, 0.15) is 65.2 Å². The van der Waals surface area contributed by atoms with Crippen molar-refractivity contribution in [2.45, 2.75) is 77.3 Å². The Kier molecular flexibility index (Phi) is 3.89.